The van der Waals surface area contributed by atoms with Crippen molar-refractivity contribution < 1.29 is 18.8 Å². The van der Waals surface area contributed by atoms with Crippen molar-refractivity contribution in [3.8, 4) is 0 Å². The molecule has 0 saturated carbocycles. The summed E-state index contributed by atoms with van der Waals surface area (Å²) in [6.07, 6.45) is 0.473. The van der Waals surface area contributed by atoms with Gasteiger partial charge in [-0.15, -0.1) is 0 Å². The summed E-state index contributed by atoms with van der Waals surface area (Å²) >= 11 is 0. The lowest BCUT2D eigenvalue weighted by Crippen LogP contribution is -2.45. The van der Waals surface area contributed by atoms with Gasteiger partial charge in [-0.3, -0.25) is 0 Å². The molecule has 0 aliphatic carbocycles. The molecule has 144 valence electrons. The lowest BCUT2D eigenvalue weighted by Gasteiger charge is -2.31. The van der Waals surface area contributed by atoms with Crippen LogP contribution in [0.5, 0.6) is 0 Å². The third-order valence-corrected chi connectivity index (χ3v) is 5.70. The van der Waals surface area contributed by atoms with Crippen LogP contribution in [0.25, 0.3) is 0 Å². The Hall–Kier alpha value is -1.66. The van der Waals surface area contributed by atoms with Gasteiger partial charge in [-0.05, 0) is 52.7 Å². The number of nitrogens with zero attached hydrogens (tertiary/aromatic N) is 1. The van der Waals surface area contributed by atoms with Crippen molar-refractivity contribution in [3.05, 3.63) is 41.3 Å². The van der Waals surface area contributed by atoms with Gasteiger partial charge in [-0.1, -0.05) is 24.3 Å². The van der Waals surface area contributed by atoms with Crippen molar-refractivity contribution in [2.45, 2.75) is 69.6 Å². The number of likely N-dealkylation sites (tertiary alicyclic amines) is 1. The minimum absolute atomic E-state index is 0.185. The van der Waals surface area contributed by atoms with E-state index >= 15 is 0 Å². The highest BCUT2D eigenvalue weighted by atomic mass is 32.2. The summed E-state index contributed by atoms with van der Waals surface area (Å²) in [5, 5.41) is 10.6. The minimum atomic E-state index is -1.38. The van der Waals surface area contributed by atoms with Crippen LogP contribution in [0, 0.1) is 6.92 Å². The van der Waals surface area contributed by atoms with E-state index in [4.69, 9.17) is 4.74 Å². The van der Waals surface area contributed by atoms with E-state index in [1.165, 1.54) is 0 Å². The van der Waals surface area contributed by atoms with Crippen molar-refractivity contribution in [2.24, 2.45) is 0 Å². The molecule has 1 fully saturated rings. The number of aryl methyl sites for hydroxylation is 1. The Balaban J connectivity index is 2.00. The average Bonchev–Trinajstić information content (AvgIpc) is 3.03. The molecule has 0 bridgehead atoms. The van der Waals surface area contributed by atoms with E-state index in [1.807, 2.05) is 52.0 Å². The second kappa shape index (κ2) is 8.35. The summed E-state index contributed by atoms with van der Waals surface area (Å²) in [4.78, 5) is 15.1. The molecule has 1 saturated heterocycles. The lowest BCUT2D eigenvalue weighted by atomic mass is 10.1. The van der Waals surface area contributed by atoms with Crippen molar-refractivity contribution in [1.29, 1.82) is 0 Å². The Morgan fingerprint density at radius 3 is 2.58 bits per heavy atom. The highest BCUT2D eigenvalue weighted by molar-refractivity contribution is 7.89. The third kappa shape index (κ3) is 5.42. The highest BCUT2D eigenvalue weighted by Gasteiger charge is 2.36. The van der Waals surface area contributed by atoms with Crippen molar-refractivity contribution in [1.82, 2.24) is 4.90 Å². The molecule has 3 atom stereocenters. The first-order chi connectivity index (χ1) is 12.1. The fourth-order valence-corrected chi connectivity index (χ4v) is 4.05. The van der Waals surface area contributed by atoms with Gasteiger partial charge in [0, 0.05) is 22.8 Å². The summed E-state index contributed by atoms with van der Waals surface area (Å²) in [7, 11) is -1.38. The van der Waals surface area contributed by atoms with E-state index in [-0.39, 0.29) is 12.5 Å². The monoisotopic (exact) mass is 379 g/mol. The van der Waals surface area contributed by atoms with Gasteiger partial charge in [-0.2, -0.15) is 0 Å². The molecule has 0 aromatic heterocycles. The first kappa shape index (κ1) is 20.6. The SMILES string of the molecule is C=C(C[C@@H](O)[C@@H]1CCCN1C(=O)OC(C)(C)C)S(=O)c1ccc(C)cc1. The Labute approximate surface area is 158 Å². The van der Waals surface area contributed by atoms with E-state index in [0.29, 0.717) is 22.8 Å². The van der Waals surface area contributed by atoms with Crippen molar-refractivity contribution in [2.75, 3.05) is 6.54 Å². The zero-order valence-electron chi connectivity index (χ0n) is 16.0. The predicted molar refractivity (Wildman–Crippen MR) is 103 cm³/mol. The van der Waals surface area contributed by atoms with Crippen LogP contribution < -0.4 is 0 Å². The number of aliphatic hydroxyl groups is 1. The van der Waals surface area contributed by atoms with Gasteiger partial charge in [0.15, 0.2) is 0 Å². The summed E-state index contributed by atoms with van der Waals surface area (Å²) in [6.45, 7) is 11.9. The maximum absolute atomic E-state index is 12.6. The highest BCUT2D eigenvalue weighted by Crippen LogP contribution is 2.27. The number of carbonyl (C=O) groups excluding carboxylic acids is 1. The summed E-state index contributed by atoms with van der Waals surface area (Å²) in [5.41, 5.74) is 0.515. The fraction of sp³-hybridized carbons (Fsp3) is 0.550. The van der Waals surface area contributed by atoms with E-state index in [0.717, 1.165) is 12.0 Å². The maximum Gasteiger partial charge on any atom is 0.410 e. The Morgan fingerprint density at radius 1 is 1.38 bits per heavy atom. The standard InChI is InChI=1S/C20H29NO4S/c1-14-8-10-16(11-9-14)26(24)15(2)13-18(22)17-7-6-12-21(17)19(23)25-20(3,4)5/h8-11,17-18,22H,2,6-7,12-13H2,1,3-5H3/t17-,18+,26?/m0/s1. The van der Waals surface area contributed by atoms with E-state index < -0.39 is 28.6 Å². The molecular weight excluding hydrogens is 350 g/mol. The van der Waals surface area contributed by atoms with Gasteiger partial charge >= 0.3 is 6.09 Å². The smallest absolute Gasteiger partial charge is 0.410 e. The quantitative estimate of drug-likeness (QED) is 0.846. The number of hydrogen-bond acceptors (Lipinski definition) is 4. The number of hydrogen-bond donors (Lipinski definition) is 1. The zero-order valence-corrected chi connectivity index (χ0v) is 16.8. The number of amides is 1. The van der Waals surface area contributed by atoms with Crippen LogP contribution in [0.3, 0.4) is 0 Å². The predicted octanol–water partition coefficient (Wildman–Crippen LogP) is 3.77. The summed E-state index contributed by atoms with van der Waals surface area (Å²) in [6, 6.07) is 7.09. The molecule has 0 radical (unpaired) electrons. The van der Waals surface area contributed by atoms with E-state index in [2.05, 4.69) is 6.58 Å². The van der Waals surface area contributed by atoms with E-state index in [9.17, 15) is 14.1 Å². The first-order valence-corrected chi connectivity index (χ1v) is 10.1. The molecule has 1 heterocycles. The number of benzene rings is 1. The van der Waals surface area contributed by atoms with Crippen LogP contribution in [0.2, 0.25) is 0 Å². The molecule has 1 aromatic carbocycles. The largest absolute Gasteiger partial charge is 0.444 e. The van der Waals surface area contributed by atoms with Gasteiger partial charge in [-0.25, -0.2) is 9.00 Å². The molecule has 2 rings (SSSR count). The average molecular weight is 380 g/mol. The Morgan fingerprint density at radius 2 is 2.00 bits per heavy atom. The molecule has 1 unspecified atom stereocenters. The number of ether oxygens (including phenoxy) is 1. The van der Waals surface area contributed by atoms with Crippen LogP contribution in [-0.2, 0) is 15.5 Å². The third-order valence-electron chi connectivity index (χ3n) is 4.31. The molecule has 1 N–H and O–H groups in total. The number of carbonyl (C=O) groups is 1. The Bertz CT molecular complexity index is 678. The number of rotatable bonds is 5. The maximum atomic E-state index is 12.6. The van der Waals surface area contributed by atoms with Crippen molar-refractivity contribution >= 4 is 16.9 Å². The van der Waals surface area contributed by atoms with Crippen LogP contribution >= 0.6 is 0 Å². The molecule has 1 amide bonds. The summed E-state index contributed by atoms with van der Waals surface area (Å²) in [5.74, 6) is 0. The molecule has 1 aliphatic heterocycles. The van der Waals surface area contributed by atoms with Gasteiger partial charge < -0.3 is 14.7 Å². The van der Waals surface area contributed by atoms with E-state index in [1.54, 1.807) is 4.90 Å². The fourth-order valence-electron chi connectivity index (χ4n) is 3.01. The minimum Gasteiger partial charge on any atom is -0.444 e. The van der Waals surface area contributed by atoms with Crippen molar-refractivity contribution in [3.63, 3.8) is 0 Å². The van der Waals surface area contributed by atoms with Crippen LogP contribution in [0.15, 0.2) is 40.6 Å². The molecule has 1 aromatic rings. The molecule has 5 nitrogen and oxygen atoms in total. The Kier molecular flexibility index (Phi) is 6.64. The normalized spacial score (nSPS) is 19.9. The number of aliphatic hydroxyl groups excluding tert-OH is 1. The topological polar surface area (TPSA) is 66.8 Å². The second-order valence-corrected chi connectivity index (χ2v) is 9.36. The summed E-state index contributed by atoms with van der Waals surface area (Å²) < 4.78 is 18.0. The van der Waals surface area contributed by atoms with Gasteiger partial charge in [0.1, 0.15) is 5.60 Å². The molecule has 0 spiro atoms. The zero-order chi connectivity index (χ0) is 19.5. The van der Waals surface area contributed by atoms with Crippen LogP contribution in [0.1, 0.15) is 45.6 Å². The van der Waals surface area contributed by atoms with Crippen LogP contribution in [0.4, 0.5) is 4.79 Å². The first-order valence-electron chi connectivity index (χ1n) is 8.92. The molecule has 26 heavy (non-hydrogen) atoms. The molecular formula is C20H29NO4S. The lowest BCUT2D eigenvalue weighted by molar-refractivity contribution is 0.00564. The van der Waals surface area contributed by atoms with Crippen LogP contribution in [-0.4, -0.2) is 44.6 Å². The second-order valence-electron chi connectivity index (χ2n) is 7.78. The van der Waals surface area contributed by atoms with Gasteiger partial charge in [0.25, 0.3) is 0 Å². The molecule has 1 aliphatic rings. The van der Waals surface area contributed by atoms with Gasteiger partial charge in [0.05, 0.1) is 22.9 Å². The van der Waals surface area contributed by atoms with Gasteiger partial charge in [0.2, 0.25) is 0 Å². The molecule has 6 heteroatoms.